The average Bonchev–Trinajstić information content (AvgIpc) is 2.60. The number of hydrogen-bond acceptors (Lipinski definition) is 4. The van der Waals surface area contributed by atoms with E-state index in [1.807, 2.05) is 26.0 Å². The molecule has 1 heterocycles. The molecule has 0 unspecified atom stereocenters. The van der Waals surface area contributed by atoms with Gasteiger partial charge in [0.25, 0.3) is 5.91 Å². The second-order valence-corrected chi connectivity index (χ2v) is 6.13. The Bertz CT molecular complexity index is 799. The Balaban J connectivity index is 2.03. The number of carboxylic acids is 1. The summed E-state index contributed by atoms with van der Waals surface area (Å²) in [5.41, 5.74) is 1.70. The zero-order valence-electron chi connectivity index (χ0n) is 14.9. The molecule has 0 saturated carbocycles. The molecule has 2 rings (SSSR count). The molecule has 7 nitrogen and oxygen atoms in total. The number of carbonyl (C=O) groups excluding carboxylic acids is 2. The van der Waals surface area contributed by atoms with E-state index in [0.29, 0.717) is 12.2 Å². The maximum absolute atomic E-state index is 12.2. The number of aromatic carboxylic acids is 1. The van der Waals surface area contributed by atoms with Crippen molar-refractivity contribution in [2.75, 3.05) is 5.32 Å². The van der Waals surface area contributed by atoms with Crippen molar-refractivity contribution in [2.24, 2.45) is 0 Å². The second kappa shape index (κ2) is 8.24. The molecule has 0 spiro atoms. The molecule has 7 heteroatoms. The number of anilines is 1. The van der Waals surface area contributed by atoms with Gasteiger partial charge in [0.05, 0.1) is 5.56 Å². The van der Waals surface area contributed by atoms with Crippen LogP contribution in [0.3, 0.4) is 0 Å². The van der Waals surface area contributed by atoms with Crippen LogP contribution in [0.4, 0.5) is 5.69 Å². The standard InChI is InChI=1S/C19H21N3O4/c1-12(2)22(13(3)23)11-14-4-7-16(8-5-14)21-18(24)15-6-9-17(19(25)26)20-10-15/h4-10,12H,11H2,1-3H3,(H,21,24)(H,25,26). The largest absolute Gasteiger partial charge is 0.477 e. The van der Waals surface area contributed by atoms with Crippen LogP contribution in [0.25, 0.3) is 0 Å². The maximum Gasteiger partial charge on any atom is 0.354 e. The predicted molar refractivity (Wildman–Crippen MR) is 97.0 cm³/mol. The molecule has 26 heavy (non-hydrogen) atoms. The Hall–Kier alpha value is -3.22. The molecule has 0 atom stereocenters. The van der Waals surface area contributed by atoms with Crippen molar-refractivity contribution >= 4 is 23.5 Å². The lowest BCUT2D eigenvalue weighted by Crippen LogP contribution is -2.34. The van der Waals surface area contributed by atoms with E-state index in [1.165, 1.54) is 25.3 Å². The second-order valence-electron chi connectivity index (χ2n) is 6.13. The van der Waals surface area contributed by atoms with Crippen molar-refractivity contribution in [3.63, 3.8) is 0 Å². The molecule has 0 fully saturated rings. The zero-order valence-corrected chi connectivity index (χ0v) is 14.9. The molecule has 0 saturated heterocycles. The number of pyridine rings is 1. The first-order chi connectivity index (χ1) is 12.3. The zero-order chi connectivity index (χ0) is 19.3. The minimum absolute atomic E-state index is 0.00897. The van der Waals surface area contributed by atoms with Crippen LogP contribution in [0, 0.1) is 0 Å². The molecule has 1 aromatic heterocycles. The summed E-state index contributed by atoms with van der Waals surface area (Å²) in [5.74, 6) is -1.52. The summed E-state index contributed by atoms with van der Waals surface area (Å²) < 4.78 is 0. The van der Waals surface area contributed by atoms with Crippen LogP contribution < -0.4 is 5.32 Å². The summed E-state index contributed by atoms with van der Waals surface area (Å²) in [4.78, 5) is 40.1. The van der Waals surface area contributed by atoms with E-state index < -0.39 is 5.97 Å². The van der Waals surface area contributed by atoms with E-state index in [0.717, 1.165) is 5.56 Å². The fraction of sp³-hybridized carbons (Fsp3) is 0.263. The van der Waals surface area contributed by atoms with E-state index in [9.17, 15) is 14.4 Å². The number of nitrogens with zero attached hydrogens (tertiary/aromatic N) is 2. The van der Waals surface area contributed by atoms with Crippen molar-refractivity contribution in [1.29, 1.82) is 0 Å². The van der Waals surface area contributed by atoms with Gasteiger partial charge < -0.3 is 15.3 Å². The van der Waals surface area contributed by atoms with E-state index in [4.69, 9.17) is 5.11 Å². The molecule has 136 valence electrons. The third-order valence-electron chi connectivity index (χ3n) is 3.84. The van der Waals surface area contributed by atoms with E-state index >= 15 is 0 Å². The number of carbonyl (C=O) groups is 3. The van der Waals surface area contributed by atoms with Gasteiger partial charge in [0, 0.05) is 31.4 Å². The molecule has 0 aliphatic heterocycles. The summed E-state index contributed by atoms with van der Waals surface area (Å²) in [7, 11) is 0. The monoisotopic (exact) mass is 355 g/mol. The number of hydrogen-bond donors (Lipinski definition) is 2. The van der Waals surface area contributed by atoms with Crippen molar-refractivity contribution in [2.45, 2.75) is 33.4 Å². The van der Waals surface area contributed by atoms with E-state index in [1.54, 1.807) is 17.0 Å². The molecule has 2 N–H and O–H groups in total. The first kappa shape index (κ1) is 19.1. The van der Waals surface area contributed by atoms with Gasteiger partial charge in [-0.1, -0.05) is 12.1 Å². The summed E-state index contributed by atoms with van der Waals surface area (Å²) in [6, 6.07) is 10.00. The predicted octanol–water partition coefficient (Wildman–Crippen LogP) is 2.79. The highest BCUT2D eigenvalue weighted by Crippen LogP contribution is 2.14. The van der Waals surface area contributed by atoms with Gasteiger partial charge in [-0.3, -0.25) is 9.59 Å². The smallest absolute Gasteiger partial charge is 0.354 e. The molecule has 2 amide bonds. The number of amides is 2. The minimum atomic E-state index is -1.14. The van der Waals surface area contributed by atoms with Gasteiger partial charge in [-0.05, 0) is 43.7 Å². The average molecular weight is 355 g/mol. The molecule has 0 radical (unpaired) electrons. The Morgan fingerprint density at radius 2 is 1.77 bits per heavy atom. The SMILES string of the molecule is CC(=O)N(Cc1ccc(NC(=O)c2ccc(C(=O)O)nc2)cc1)C(C)C. The molecule has 0 bridgehead atoms. The normalized spacial score (nSPS) is 10.5. The Morgan fingerprint density at radius 3 is 2.23 bits per heavy atom. The summed E-state index contributed by atoms with van der Waals surface area (Å²) >= 11 is 0. The third kappa shape index (κ3) is 4.89. The summed E-state index contributed by atoms with van der Waals surface area (Å²) in [5, 5.41) is 11.5. The highest BCUT2D eigenvalue weighted by Gasteiger charge is 2.13. The first-order valence-electron chi connectivity index (χ1n) is 8.14. The lowest BCUT2D eigenvalue weighted by Gasteiger charge is -2.25. The minimum Gasteiger partial charge on any atom is -0.477 e. The Morgan fingerprint density at radius 1 is 1.12 bits per heavy atom. The van der Waals surface area contributed by atoms with E-state index in [2.05, 4.69) is 10.3 Å². The highest BCUT2D eigenvalue weighted by molar-refractivity contribution is 6.04. The van der Waals surface area contributed by atoms with Gasteiger partial charge in [0.1, 0.15) is 5.69 Å². The van der Waals surface area contributed by atoms with Crippen LogP contribution >= 0.6 is 0 Å². The summed E-state index contributed by atoms with van der Waals surface area (Å²) in [6.07, 6.45) is 1.22. The van der Waals surface area contributed by atoms with Crippen molar-refractivity contribution in [3.05, 3.63) is 59.4 Å². The van der Waals surface area contributed by atoms with Crippen LogP contribution in [0.15, 0.2) is 42.6 Å². The van der Waals surface area contributed by atoms with Crippen molar-refractivity contribution in [1.82, 2.24) is 9.88 Å². The maximum atomic E-state index is 12.2. The summed E-state index contributed by atoms with van der Waals surface area (Å²) in [6.45, 7) is 5.96. The molecule has 0 aliphatic carbocycles. The molecule has 1 aromatic carbocycles. The first-order valence-corrected chi connectivity index (χ1v) is 8.14. The lowest BCUT2D eigenvalue weighted by atomic mass is 10.1. The Labute approximate surface area is 151 Å². The van der Waals surface area contributed by atoms with Crippen molar-refractivity contribution in [3.8, 4) is 0 Å². The van der Waals surface area contributed by atoms with Crippen LogP contribution in [-0.2, 0) is 11.3 Å². The molecular weight excluding hydrogens is 334 g/mol. The number of benzene rings is 1. The van der Waals surface area contributed by atoms with Crippen LogP contribution in [0.2, 0.25) is 0 Å². The van der Waals surface area contributed by atoms with Crippen LogP contribution in [0.5, 0.6) is 0 Å². The molecule has 2 aromatic rings. The van der Waals surface area contributed by atoms with Crippen molar-refractivity contribution < 1.29 is 19.5 Å². The topological polar surface area (TPSA) is 99.6 Å². The number of rotatable bonds is 6. The lowest BCUT2D eigenvalue weighted by molar-refractivity contribution is -0.131. The fourth-order valence-electron chi connectivity index (χ4n) is 2.41. The number of aromatic nitrogens is 1. The quantitative estimate of drug-likeness (QED) is 0.830. The van der Waals surface area contributed by atoms with Crippen LogP contribution in [0.1, 0.15) is 47.2 Å². The number of carboxylic acid groups (broad SMARTS) is 1. The van der Waals surface area contributed by atoms with E-state index in [-0.39, 0.29) is 29.1 Å². The highest BCUT2D eigenvalue weighted by atomic mass is 16.4. The van der Waals surface area contributed by atoms with Crippen LogP contribution in [-0.4, -0.2) is 38.8 Å². The van der Waals surface area contributed by atoms with Gasteiger partial charge in [-0.15, -0.1) is 0 Å². The Kier molecular flexibility index (Phi) is 6.06. The van der Waals surface area contributed by atoms with Gasteiger partial charge in [0.2, 0.25) is 5.91 Å². The molecular formula is C19H21N3O4. The molecule has 0 aliphatic rings. The van der Waals surface area contributed by atoms with Gasteiger partial charge in [-0.2, -0.15) is 0 Å². The fourth-order valence-corrected chi connectivity index (χ4v) is 2.41. The van der Waals surface area contributed by atoms with Gasteiger partial charge in [0.15, 0.2) is 0 Å². The third-order valence-corrected chi connectivity index (χ3v) is 3.84. The van der Waals surface area contributed by atoms with Gasteiger partial charge >= 0.3 is 5.97 Å². The number of nitrogens with one attached hydrogen (secondary N) is 1. The van der Waals surface area contributed by atoms with Gasteiger partial charge in [-0.25, -0.2) is 9.78 Å².